The molecule has 4 rings (SSSR count). The highest BCUT2D eigenvalue weighted by Crippen LogP contribution is 2.23. The average molecular weight is 434 g/mol. The van der Waals surface area contributed by atoms with E-state index in [4.69, 9.17) is 18.9 Å². The first-order valence-electron chi connectivity index (χ1n) is 10.7. The molecule has 0 aliphatic carbocycles. The molecule has 166 valence electrons. The number of rotatable bonds is 10. The summed E-state index contributed by atoms with van der Waals surface area (Å²) in [6, 6.07) is 18.7. The first-order chi connectivity index (χ1) is 15.7. The summed E-state index contributed by atoms with van der Waals surface area (Å²) in [5.41, 5.74) is 1.96. The number of benzene rings is 2. The van der Waals surface area contributed by atoms with Crippen molar-refractivity contribution in [3.05, 3.63) is 78.5 Å². The van der Waals surface area contributed by atoms with E-state index in [9.17, 15) is 4.79 Å². The highest BCUT2D eigenvalue weighted by Gasteiger charge is 2.20. The van der Waals surface area contributed by atoms with Gasteiger partial charge in [0.25, 0.3) is 5.91 Å². The Morgan fingerprint density at radius 2 is 1.94 bits per heavy atom. The second kappa shape index (κ2) is 10.0. The highest BCUT2D eigenvalue weighted by molar-refractivity contribution is 5.91. The van der Waals surface area contributed by atoms with Gasteiger partial charge in [0, 0.05) is 12.6 Å². The number of fused-ring (bicyclic) bond motifs is 1. The van der Waals surface area contributed by atoms with Gasteiger partial charge in [0.1, 0.15) is 17.3 Å². The maximum absolute atomic E-state index is 12.4. The van der Waals surface area contributed by atoms with Crippen molar-refractivity contribution in [3.63, 3.8) is 0 Å². The van der Waals surface area contributed by atoms with Crippen LogP contribution in [0.5, 0.6) is 11.5 Å². The Hall–Kier alpha value is -3.74. The lowest BCUT2D eigenvalue weighted by Gasteiger charge is -2.16. The summed E-state index contributed by atoms with van der Waals surface area (Å²) >= 11 is 0. The summed E-state index contributed by atoms with van der Waals surface area (Å²) in [6.45, 7) is 3.32. The van der Waals surface area contributed by atoms with E-state index < -0.39 is 0 Å². The number of nitrogens with one attached hydrogen (secondary N) is 1. The van der Waals surface area contributed by atoms with Crippen LogP contribution in [0.25, 0.3) is 11.0 Å². The lowest BCUT2D eigenvalue weighted by atomic mass is 10.2. The Labute approximate surface area is 187 Å². The summed E-state index contributed by atoms with van der Waals surface area (Å²) in [5.74, 6) is 2.43. The molecule has 4 aromatic rings. The van der Waals surface area contributed by atoms with Gasteiger partial charge in [0.15, 0.2) is 5.76 Å². The van der Waals surface area contributed by atoms with Gasteiger partial charge in [-0.15, -0.1) is 0 Å². The van der Waals surface area contributed by atoms with Crippen molar-refractivity contribution in [1.82, 2.24) is 14.9 Å². The van der Waals surface area contributed by atoms with E-state index in [1.807, 2.05) is 49.4 Å². The van der Waals surface area contributed by atoms with Gasteiger partial charge >= 0.3 is 0 Å². The lowest BCUT2D eigenvalue weighted by Crippen LogP contribution is -2.28. The summed E-state index contributed by atoms with van der Waals surface area (Å²) in [7, 11) is 1.64. The van der Waals surface area contributed by atoms with Crippen molar-refractivity contribution in [2.45, 2.75) is 32.4 Å². The minimum atomic E-state index is -0.270. The van der Waals surface area contributed by atoms with Gasteiger partial charge in [-0.3, -0.25) is 4.79 Å². The second-order valence-corrected chi connectivity index (χ2v) is 7.52. The van der Waals surface area contributed by atoms with Crippen LogP contribution < -0.4 is 14.8 Å². The molecule has 0 radical (unpaired) electrons. The third kappa shape index (κ3) is 4.94. The number of aromatic nitrogens is 2. The van der Waals surface area contributed by atoms with Crippen LogP contribution in [0.15, 0.2) is 71.3 Å². The Bertz CT molecular complexity index is 1170. The first kappa shape index (κ1) is 21.5. The predicted octanol–water partition coefficient (Wildman–Crippen LogP) is 4.99. The minimum absolute atomic E-state index is 0.257. The van der Waals surface area contributed by atoms with Gasteiger partial charge in [-0.2, -0.15) is 0 Å². The molecule has 0 bridgehead atoms. The summed E-state index contributed by atoms with van der Waals surface area (Å²) in [6.07, 6.45) is 3.29. The van der Waals surface area contributed by atoms with Gasteiger partial charge < -0.3 is 23.8 Å². The van der Waals surface area contributed by atoms with Crippen molar-refractivity contribution in [1.29, 1.82) is 0 Å². The second-order valence-electron chi connectivity index (χ2n) is 7.52. The fourth-order valence-corrected chi connectivity index (χ4v) is 3.65. The van der Waals surface area contributed by atoms with Crippen molar-refractivity contribution in [2.75, 3.05) is 13.7 Å². The van der Waals surface area contributed by atoms with Crippen LogP contribution in [0.1, 0.15) is 42.2 Å². The van der Waals surface area contributed by atoms with Crippen molar-refractivity contribution >= 4 is 16.9 Å². The molecule has 0 saturated heterocycles. The topological polar surface area (TPSA) is 78.5 Å². The molecule has 0 aliphatic heterocycles. The maximum atomic E-state index is 12.4. The molecular weight excluding hydrogens is 406 g/mol. The van der Waals surface area contributed by atoms with Crippen molar-refractivity contribution in [2.24, 2.45) is 0 Å². The molecule has 1 N–H and O–H groups in total. The monoisotopic (exact) mass is 433 g/mol. The van der Waals surface area contributed by atoms with E-state index in [2.05, 4.69) is 16.0 Å². The number of furan rings is 1. The van der Waals surface area contributed by atoms with Gasteiger partial charge in [-0.1, -0.05) is 18.2 Å². The van der Waals surface area contributed by atoms with Crippen LogP contribution in [0.4, 0.5) is 0 Å². The molecule has 7 nitrogen and oxygen atoms in total. The molecule has 2 aromatic carbocycles. The molecule has 32 heavy (non-hydrogen) atoms. The number of carbonyl (C=O) groups excluding carboxylic acids is 1. The van der Waals surface area contributed by atoms with Gasteiger partial charge in [-0.05, 0) is 56.2 Å². The molecule has 1 unspecified atom stereocenters. The summed E-state index contributed by atoms with van der Waals surface area (Å²) in [4.78, 5) is 17.2. The molecule has 1 amide bonds. The molecule has 1 atom stereocenters. The van der Waals surface area contributed by atoms with Crippen LogP contribution in [0.2, 0.25) is 0 Å². The zero-order chi connectivity index (χ0) is 22.3. The Balaban J connectivity index is 1.40. The fourth-order valence-electron chi connectivity index (χ4n) is 3.65. The van der Waals surface area contributed by atoms with Crippen LogP contribution >= 0.6 is 0 Å². The number of aryl methyl sites for hydroxylation is 1. The standard InChI is InChI=1S/C25H27N3O4/c1-18(26-25(29)23-13-8-16-32-23)24-27-21-11-3-4-12-22(21)28(24)14-5-6-15-31-20-10-7-9-19(17-20)30-2/h3-4,7-13,16-18H,5-6,14-15H2,1-2H3,(H,26,29). The molecule has 0 saturated carbocycles. The van der Waals surface area contributed by atoms with Gasteiger partial charge in [0.05, 0.1) is 37.1 Å². The number of nitrogens with zero attached hydrogens (tertiary/aromatic N) is 2. The molecule has 0 aliphatic rings. The average Bonchev–Trinajstić information content (AvgIpc) is 3.48. The smallest absolute Gasteiger partial charge is 0.287 e. The zero-order valence-corrected chi connectivity index (χ0v) is 18.3. The van der Waals surface area contributed by atoms with Crippen LogP contribution in [-0.2, 0) is 6.54 Å². The number of methoxy groups -OCH3 is 1. The number of amides is 1. The van der Waals surface area contributed by atoms with E-state index in [1.165, 1.54) is 6.26 Å². The van der Waals surface area contributed by atoms with Crippen LogP contribution in [0, 0.1) is 0 Å². The normalized spacial score (nSPS) is 11.9. The number of hydrogen-bond donors (Lipinski definition) is 1. The number of ether oxygens (including phenoxy) is 2. The molecule has 2 heterocycles. The number of para-hydroxylation sites is 2. The number of imidazole rings is 1. The molecule has 7 heteroatoms. The molecule has 0 spiro atoms. The molecule has 2 aromatic heterocycles. The van der Waals surface area contributed by atoms with Gasteiger partial charge in [-0.25, -0.2) is 4.98 Å². The van der Waals surface area contributed by atoms with E-state index in [1.54, 1.807) is 19.2 Å². The predicted molar refractivity (Wildman–Crippen MR) is 122 cm³/mol. The van der Waals surface area contributed by atoms with Crippen molar-refractivity contribution in [3.8, 4) is 11.5 Å². The van der Waals surface area contributed by atoms with E-state index in [0.29, 0.717) is 6.61 Å². The third-order valence-electron chi connectivity index (χ3n) is 5.25. The third-order valence-corrected chi connectivity index (χ3v) is 5.25. The lowest BCUT2D eigenvalue weighted by molar-refractivity contribution is 0.0909. The van der Waals surface area contributed by atoms with Crippen molar-refractivity contribution < 1.29 is 18.7 Å². The van der Waals surface area contributed by atoms with E-state index in [0.717, 1.165) is 47.7 Å². The maximum Gasteiger partial charge on any atom is 0.287 e. The minimum Gasteiger partial charge on any atom is -0.497 e. The molecule has 0 fully saturated rings. The summed E-state index contributed by atoms with van der Waals surface area (Å²) in [5, 5.41) is 2.98. The quantitative estimate of drug-likeness (QED) is 0.357. The van der Waals surface area contributed by atoms with E-state index >= 15 is 0 Å². The summed E-state index contributed by atoms with van der Waals surface area (Å²) < 4.78 is 18.5. The Kier molecular flexibility index (Phi) is 6.75. The van der Waals surface area contributed by atoms with Crippen LogP contribution in [-0.4, -0.2) is 29.2 Å². The Morgan fingerprint density at radius 3 is 2.75 bits per heavy atom. The number of unbranched alkanes of at least 4 members (excludes halogenated alkanes) is 1. The first-order valence-corrected chi connectivity index (χ1v) is 10.7. The fraction of sp³-hybridized carbons (Fsp3) is 0.280. The largest absolute Gasteiger partial charge is 0.497 e. The van der Waals surface area contributed by atoms with Crippen LogP contribution in [0.3, 0.4) is 0 Å². The van der Waals surface area contributed by atoms with E-state index in [-0.39, 0.29) is 17.7 Å². The number of hydrogen-bond acceptors (Lipinski definition) is 5. The highest BCUT2D eigenvalue weighted by atomic mass is 16.5. The van der Waals surface area contributed by atoms with Gasteiger partial charge in [0.2, 0.25) is 0 Å². The Morgan fingerprint density at radius 1 is 1.09 bits per heavy atom. The SMILES string of the molecule is COc1cccc(OCCCCn2c(C(C)NC(=O)c3ccco3)nc3ccccc32)c1. The molecular formula is C25H27N3O4. The number of carbonyl (C=O) groups is 1. The zero-order valence-electron chi connectivity index (χ0n) is 18.3.